The van der Waals surface area contributed by atoms with Crippen molar-refractivity contribution in [1.29, 1.82) is 0 Å². The average molecular weight is 314 g/mol. The van der Waals surface area contributed by atoms with E-state index in [0.29, 0.717) is 12.8 Å². The smallest absolute Gasteiger partial charge is 0.162 e. The molecular formula is C22H18O2. The van der Waals surface area contributed by atoms with E-state index in [0.717, 1.165) is 32.7 Å². The number of carbonyl (C=O) groups is 2. The van der Waals surface area contributed by atoms with Gasteiger partial charge in [-0.05, 0) is 56.6 Å². The standard InChI is InChI=1S/C22H18O2/c1-3-19(23)17-9-13-5-7-15-11-18(20(24)4-2)12-16-8-6-14(10-17)21(13)22(15)16/h5-12H,3-4H2,1-2H3. The van der Waals surface area contributed by atoms with Crippen molar-refractivity contribution in [3.05, 3.63) is 59.7 Å². The molecule has 24 heavy (non-hydrogen) atoms. The van der Waals surface area contributed by atoms with Crippen LogP contribution in [0.25, 0.3) is 32.3 Å². The monoisotopic (exact) mass is 314 g/mol. The van der Waals surface area contributed by atoms with Gasteiger partial charge in [0.15, 0.2) is 11.6 Å². The van der Waals surface area contributed by atoms with Gasteiger partial charge < -0.3 is 0 Å². The number of benzene rings is 4. The molecule has 0 N–H and O–H groups in total. The van der Waals surface area contributed by atoms with Crippen LogP contribution in [0, 0.1) is 0 Å². The van der Waals surface area contributed by atoms with E-state index in [2.05, 4.69) is 24.3 Å². The first kappa shape index (κ1) is 14.8. The first-order chi connectivity index (χ1) is 11.6. The van der Waals surface area contributed by atoms with Crippen molar-refractivity contribution < 1.29 is 9.59 Å². The van der Waals surface area contributed by atoms with Crippen molar-refractivity contribution in [1.82, 2.24) is 0 Å². The third kappa shape index (κ3) is 2.10. The largest absolute Gasteiger partial charge is 0.294 e. The van der Waals surface area contributed by atoms with Gasteiger partial charge in [0.2, 0.25) is 0 Å². The van der Waals surface area contributed by atoms with Gasteiger partial charge in [-0.1, -0.05) is 38.1 Å². The van der Waals surface area contributed by atoms with E-state index in [4.69, 9.17) is 0 Å². The highest BCUT2D eigenvalue weighted by atomic mass is 16.1. The van der Waals surface area contributed by atoms with Gasteiger partial charge >= 0.3 is 0 Å². The molecule has 0 saturated carbocycles. The molecule has 118 valence electrons. The van der Waals surface area contributed by atoms with E-state index in [9.17, 15) is 9.59 Å². The normalized spacial score (nSPS) is 11.6. The van der Waals surface area contributed by atoms with Gasteiger partial charge in [0, 0.05) is 24.0 Å². The number of rotatable bonds is 4. The molecular weight excluding hydrogens is 296 g/mol. The Kier molecular flexibility index (Phi) is 3.34. The van der Waals surface area contributed by atoms with Crippen LogP contribution in [0.3, 0.4) is 0 Å². The van der Waals surface area contributed by atoms with Gasteiger partial charge in [-0.3, -0.25) is 9.59 Å². The molecule has 0 radical (unpaired) electrons. The summed E-state index contributed by atoms with van der Waals surface area (Å²) in [5.41, 5.74) is 1.54. The minimum atomic E-state index is 0.163. The van der Waals surface area contributed by atoms with Gasteiger partial charge in [0.05, 0.1) is 0 Å². The quantitative estimate of drug-likeness (QED) is 0.354. The zero-order chi connectivity index (χ0) is 16.8. The van der Waals surface area contributed by atoms with Crippen LogP contribution in [0.4, 0.5) is 0 Å². The molecule has 0 aliphatic carbocycles. The Bertz CT molecular complexity index is 950. The van der Waals surface area contributed by atoms with Crippen LogP contribution < -0.4 is 0 Å². The first-order valence-corrected chi connectivity index (χ1v) is 8.41. The van der Waals surface area contributed by atoms with Crippen molar-refractivity contribution in [2.45, 2.75) is 26.7 Å². The molecule has 0 aliphatic heterocycles. The maximum absolute atomic E-state index is 12.1. The SMILES string of the molecule is CCC(=O)c1cc2ccc3cc(C(=O)CC)cc4ccc(c1)c2c34. The minimum absolute atomic E-state index is 0.163. The Morgan fingerprint density at radius 2 is 0.917 bits per heavy atom. The zero-order valence-electron chi connectivity index (χ0n) is 13.8. The average Bonchev–Trinajstić information content (AvgIpc) is 2.63. The minimum Gasteiger partial charge on any atom is -0.294 e. The number of ketones is 2. The topological polar surface area (TPSA) is 34.1 Å². The fourth-order valence-electron chi connectivity index (χ4n) is 3.57. The number of carbonyl (C=O) groups excluding carboxylic acids is 2. The summed E-state index contributed by atoms with van der Waals surface area (Å²) in [6, 6.07) is 16.1. The van der Waals surface area contributed by atoms with Crippen LogP contribution in [-0.4, -0.2) is 11.6 Å². The number of hydrogen-bond acceptors (Lipinski definition) is 2. The predicted molar refractivity (Wildman–Crippen MR) is 99.4 cm³/mol. The van der Waals surface area contributed by atoms with Gasteiger partial charge in [-0.25, -0.2) is 0 Å². The van der Waals surface area contributed by atoms with Crippen LogP contribution in [-0.2, 0) is 0 Å². The number of hydrogen-bond donors (Lipinski definition) is 0. The van der Waals surface area contributed by atoms with E-state index in [-0.39, 0.29) is 11.6 Å². The van der Waals surface area contributed by atoms with Crippen LogP contribution in [0.15, 0.2) is 48.5 Å². The van der Waals surface area contributed by atoms with Gasteiger partial charge in [-0.15, -0.1) is 0 Å². The second-order valence-electron chi connectivity index (χ2n) is 6.28. The molecule has 0 spiro atoms. The van der Waals surface area contributed by atoms with Crippen LogP contribution in [0.1, 0.15) is 47.4 Å². The van der Waals surface area contributed by atoms with Crippen molar-refractivity contribution in [3.63, 3.8) is 0 Å². The molecule has 0 heterocycles. The molecule has 0 saturated heterocycles. The molecule has 0 aromatic heterocycles. The molecule has 0 fully saturated rings. The highest BCUT2D eigenvalue weighted by Gasteiger charge is 2.14. The van der Waals surface area contributed by atoms with Crippen LogP contribution in [0.5, 0.6) is 0 Å². The van der Waals surface area contributed by atoms with E-state index in [1.54, 1.807) is 0 Å². The highest BCUT2D eigenvalue weighted by Crippen LogP contribution is 2.36. The Labute approximate surface area is 140 Å². The Morgan fingerprint density at radius 3 is 1.17 bits per heavy atom. The molecule has 0 bridgehead atoms. The van der Waals surface area contributed by atoms with Crippen LogP contribution in [0.2, 0.25) is 0 Å². The summed E-state index contributed by atoms with van der Waals surface area (Å²) in [7, 11) is 0. The lowest BCUT2D eigenvalue weighted by Gasteiger charge is -2.13. The lowest BCUT2D eigenvalue weighted by molar-refractivity contribution is 0.0980. The van der Waals surface area contributed by atoms with Gasteiger partial charge in [-0.2, -0.15) is 0 Å². The van der Waals surface area contributed by atoms with E-state index in [1.165, 1.54) is 10.8 Å². The lowest BCUT2D eigenvalue weighted by Crippen LogP contribution is -1.98. The van der Waals surface area contributed by atoms with E-state index in [1.807, 2.05) is 38.1 Å². The molecule has 0 unspecified atom stereocenters. The van der Waals surface area contributed by atoms with E-state index >= 15 is 0 Å². The molecule has 0 atom stereocenters. The third-order valence-corrected chi connectivity index (χ3v) is 4.82. The van der Waals surface area contributed by atoms with Crippen molar-refractivity contribution in [2.75, 3.05) is 0 Å². The van der Waals surface area contributed by atoms with Crippen molar-refractivity contribution >= 4 is 43.9 Å². The summed E-state index contributed by atoms with van der Waals surface area (Å²) in [6.07, 6.45) is 1.02. The molecule has 4 aromatic rings. The second kappa shape index (κ2) is 5.41. The molecule has 4 aromatic carbocycles. The summed E-state index contributed by atoms with van der Waals surface area (Å²) < 4.78 is 0. The summed E-state index contributed by atoms with van der Waals surface area (Å²) >= 11 is 0. The molecule has 2 nitrogen and oxygen atoms in total. The highest BCUT2D eigenvalue weighted by molar-refractivity contribution is 6.25. The molecule has 0 amide bonds. The predicted octanol–water partition coefficient (Wildman–Crippen LogP) is 5.77. The van der Waals surface area contributed by atoms with Gasteiger partial charge in [0.25, 0.3) is 0 Å². The summed E-state index contributed by atoms with van der Waals surface area (Å²) in [6.45, 7) is 3.78. The lowest BCUT2D eigenvalue weighted by atomic mass is 9.90. The molecule has 0 aliphatic rings. The zero-order valence-corrected chi connectivity index (χ0v) is 13.8. The van der Waals surface area contributed by atoms with Gasteiger partial charge in [0.1, 0.15) is 0 Å². The van der Waals surface area contributed by atoms with Crippen molar-refractivity contribution in [2.24, 2.45) is 0 Å². The third-order valence-electron chi connectivity index (χ3n) is 4.82. The maximum atomic E-state index is 12.1. The first-order valence-electron chi connectivity index (χ1n) is 8.41. The molecule has 2 heteroatoms. The fourth-order valence-corrected chi connectivity index (χ4v) is 3.57. The van der Waals surface area contributed by atoms with Crippen LogP contribution >= 0.6 is 0 Å². The Morgan fingerprint density at radius 1 is 0.625 bits per heavy atom. The fraction of sp³-hybridized carbons (Fsp3) is 0.182. The summed E-state index contributed by atoms with van der Waals surface area (Å²) in [5, 5.41) is 6.67. The number of Topliss-reactive ketones (excluding diaryl/α,β-unsaturated/α-hetero) is 2. The second-order valence-corrected chi connectivity index (χ2v) is 6.28. The molecule has 4 rings (SSSR count). The van der Waals surface area contributed by atoms with Crippen molar-refractivity contribution in [3.8, 4) is 0 Å². The summed E-state index contributed by atoms with van der Waals surface area (Å²) in [5.74, 6) is 0.327. The summed E-state index contributed by atoms with van der Waals surface area (Å²) in [4.78, 5) is 24.2. The van der Waals surface area contributed by atoms with E-state index < -0.39 is 0 Å². The Hall–Kier alpha value is -2.74. The Balaban J connectivity index is 2.09. The maximum Gasteiger partial charge on any atom is 0.162 e.